The quantitative estimate of drug-likeness (QED) is 0.856. The van der Waals surface area contributed by atoms with E-state index in [1.54, 1.807) is 0 Å². The average Bonchev–Trinajstić information content (AvgIpc) is 2.89. The zero-order valence-electron chi connectivity index (χ0n) is 11.5. The third-order valence-electron chi connectivity index (χ3n) is 3.45. The van der Waals surface area contributed by atoms with E-state index in [9.17, 15) is 8.42 Å². The van der Waals surface area contributed by atoms with Crippen molar-refractivity contribution in [2.75, 3.05) is 40.3 Å². The van der Waals surface area contributed by atoms with Crippen LogP contribution in [0.3, 0.4) is 0 Å². The maximum absolute atomic E-state index is 12.2. The lowest BCUT2D eigenvalue weighted by Crippen LogP contribution is -2.54. The van der Waals surface area contributed by atoms with E-state index in [1.165, 1.54) is 12.1 Å². The Morgan fingerprint density at radius 1 is 1.45 bits per heavy atom. The number of thiophene rings is 1. The summed E-state index contributed by atoms with van der Waals surface area (Å²) in [5.41, 5.74) is 0. The van der Waals surface area contributed by atoms with Gasteiger partial charge in [0, 0.05) is 32.2 Å². The van der Waals surface area contributed by atoms with Crippen LogP contribution in [0.2, 0.25) is 0 Å². The molecule has 0 radical (unpaired) electrons. The van der Waals surface area contributed by atoms with Gasteiger partial charge in [0.2, 0.25) is 10.0 Å². The second-order valence-corrected chi connectivity index (χ2v) is 8.06. The summed E-state index contributed by atoms with van der Waals surface area (Å²) in [7, 11) is 0.522. The van der Waals surface area contributed by atoms with Crippen LogP contribution in [0.1, 0.15) is 4.88 Å². The van der Waals surface area contributed by atoms with Crippen LogP contribution < -0.4 is 4.72 Å². The Balaban J connectivity index is 2.00. The number of hydrogen-bond acceptors (Lipinski definition) is 6. The summed E-state index contributed by atoms with van der Waals surface area (Å²) in [6, 6.07) is 5.12. The first-order valence-corrected chi connectivity index (χ1v) is 8.61. The van der Waals surface area contributed by atoms with Gasteiger partial charge in [-0.05, 0) is 26.2 Å². The second-order valence-electron chi connectivity index (χ2n) is 4.98. The van der Waals surface area contributed by atoms with Crippen molar-refractivity contribution in [3.8, 4) is 6.07 Å². The summed E-state index contributed by atoms with van der Waals surface area (Å²) in [6.45, 7) is 3.15. The van der Waals surface area contributed by atoms with Gasteiger partial charge in [-0.1, -0.05) is 0 Å². The zero-order valence-corrected chi connectivity index (χ0v) is 13.2. The van der Waals surface area contributed by atoms with Crippen LogP contribution >= 0.6 is 11.3 Å². The van der Waals surface area contributed by atoms with Crippen molar-refractivity contribution in [1.29, 1.82) is 5.26 Å². The summed E-state index contributed by atoms with van der Waals surface area (Å²) in [5, 5.41) is 8.75. The molecule has 1 aromatic heterocycles. The number of likely N-dealkylation sites (N-methyl/N-ethyl adjacent to an activating group) is 2. The predicted octanol–water partition coefficient (Wildman–Crippen LogP) is 0.144. The molecule has 6 nitrogen and oxygen atoms in total. The Hall–Kier alpha value is -0.980. The molecule has 0 spiro atoms. The molecule has 1 aromatic rings. The first-order valence-electron chi connectivity index (χ1n) is 6.31. The summed E-state index contributed by atoms with van der Waals surface area (Å²) in [5.74, 6) is 0. The van der Waals surface area contributed by atoms with Crippen LogP contribution in [-0.2, 0) is 10.0 Å². The van der Waals surface area contributed by atoms with Crippen molar-refractivity contribution < 1.29 is 8.42 Å². The van der Waals surface area contributed by atoms with E-state index in [0.717, 1.165) is 31.0 Å². The fourth-order valence-corrected chi connectivity index (χ4v) is 4.34. The van der Waals surface area contributed by atoms with E-state index in [2.05, 4.69) is 14.5 Å². The van der Waals surface area contributed by atoms with Gasteiger partial charge in [-0.25, -0.2) is 13.1 Å². The van der Waals surface area contributed by atoms with Gasteiger partial charge in [0.1, 0.15) is 15.2 Å². The number of rotatable bonds is 4. The smallest absolute Gasteiger partial charge is 0.250 e. The lowest BCUT2D eigenvalue weighted by Gasteiger charge is -2.37. The summed E-state index contributed by atoms with van der Waals surface area (Å²) < 4.78 is 27.1. The second kappa shape index (κ2) is 6.20. The normalized spacial score (nSPS) is 21.8. The molecule has 2 heterocycles. The number of piperazine rings is 1. The number of nitrogens with zero attached hydrogens (tertiary/aromatic N) is 3. The lowest BCUT2D eigenvalue weighted by atomic mass is 10.2. The van der Waals surface area contributed by atoms with Gasteiger partial charge in [-0.3, -0.25) is 4.90 Å². The van der Waals surface area contributed by atoms with Gasteiger partial charge in [0.05, 0.1) is 0 Å². The number of sulfonamides is 1. The lowest BCUT2D eigenvalue weighted by molar-refractivity contribution is 0.117. The molecule has 0 saturated carbocycles. The first-order chi connectivity index (χ1) is 9.42. The molecular formula is C12H18N4O2S2. The molecule has 1 unspecified atom stereocenters. The van der Waals surface area contributed by atoms with Crippen LogP contribution in [0.4, 0.5) is 0 Å². The molecule has 2 rings (SSSR count). The van der Waals surface area contributed by atoms with E-state index in [4.69, 9.17) is 5.26 Å². The van der Waals surface area contributed by atoms with Crippen LogP contribution in [0.25, 0.3) is 0 Å². The fourth-order valence-electron chi connectivity index (χ4n) is 2.12. The maximum atomic E-state index is 12.2. The van der Waals surface area contributed by atoms with Crippen molar-refractivity contribution >= 4 is 21.4 Å². The molecule has 1 aliphatic rings. The van der Waals surface area contributed by atoms with Crippen molar-refractivity contribution in [3.63, 3.8) is 0 Å². The third-order valence-corrected chi connectivity index (χ3v) is 6.35. The van der Waals surface area contributed by atoms with Gasteiger partial charge >= 0.3 is 0 Å². The molecule has 0 aliphatic carbocycles. The van der Waals surface area contributed by atoms with Crippen molar-refractivity contribution in [2.24, 2.45) is 0 Å². The number of hydrogen-bond donors (Lipinski definition) is 1. The highest BCUT2D eigenvalue weighted by molar-refractivity contribution is 7.91. The Morgan fingerprint density at radius 2 is 2.20 bits per heavy atom. The maximum Gasteiger partial charge on any atom is 0.250 e. The minimum Gasteiger partial charge on any atom is -0.303 e. The van der Waals surface area contributed by atoms with Gasteiger partial charge in [-0.15, -0.1) is 11.3 Å². The standard InChI is InChI=1S/C12H18N4O2S2/c1-15-5-6-16(2)10(9-15)8-14-20(17,18)12-4-3-11(7-13)19-12/h3-4,10,14H,5-6,8-9H2,1-2H3. The van der Waals surface area contributed by atoms with E-state index in [-0.39, 0.29) is 10.3 Å². The molecule has 0 bridgehead atoms. The van der Waals surface area contributed by atoms with Crippen LogP contribution in [-0.4, -0.2) is 64.5 Å². The van der Waals surface area contributed by atoms with Crippen molar-refractivity contribution in [1.82, 2.24) is 14.5 Å². The molecule has 1 N–H and O–H groups in total. The van der Waals surface area contributed by atoms with Gasteiger partial charge in [-0.2, -0.15) is 5.26 Å². The average molecular weight is 314 g/mol. The Kier molecular flexibility index (Phi) is 4.78. The number of nitrogens with one attached hydrogen (secondary N) is 1. The zero-order chi connectivity index (χ0) is 14.8. The molecule has 1 fully saturated rings. The fraction of sp³-hybridized carbons (Fsp3) is 0.583. The Bertz CT molecular complexity index is 605. The van der Waals surface area contributed by atoms with Crippen LogP contribution in [0.15, 0.2) is 16.3 Å². The largest absolute Gasteiger partial charge is 0.303 e. The molecule has 20 heavy (non-hydrogen) atoms. The molecule has 8 heteroatoms. The van der Waals surface area contributed by atoms with Gasteiger partial charge in [0.25, 0.3) is 0 Å². The van der Waals surface area contributed by atoms with Crippen molar-refractivity contribution in [2.45, 2.75) is 10.3 Å². The van der Waals surface area contributed by atoms with Crippen LogP contribution in [0.5, 0.6) is 0 Å². The van der Waals surface area contributed by atoms with E-state index in [1.807, 2.05) is 20.2 Å². The minimum absolute atomic E-state index is 0.166. The summed E-state index contributed by atoms with van der Waals surface area (Å²) in [6.07, 6.45) is 0. The van der Waals surface area contributed by atoms with E-state index in [0.29, 0.717) is 11.4 Å². The summed E-state index contributed by atoms with van der Waals surface area (Å²) in [4.78, 5) is 4.76. The highest BCUT2D eigenvalue weighted by Crippen LogP contribution is 2.20. The van der Waals surface area contributed by atoms with Gasteiger partial charge in [0.15, 0.2) is 0 Å². The molecule has 0 amide bonds. The highest BCUT2D eigenvalue weighted by Gasteiger charge is 2.25. The van der Waals surface area contributed by atoms with E-state index < -0.39 is 10.0 Å². The first kappa shape index (κ1) is 15.4. The number of nitriles is 1. The molecule has 1 saturated heterocycles. The highest BCUT2D eigenvalue weighted by atomic mass is 32.2. The monoisotopic (exact) mass is 314 g/mol. The van der Waals surface area contributed by atoms with E-state index >= 15 is 0 Å². The molecule has 0 aromatic carbocycles. The van der Waals surface area contributed by atoms with Crippen LogP contribution in [0, 0.1) is 11.3 Å². The topological polar surface area (TPSA) is 76.4 Å². The van der Waals surface area contributed by atoms with Gasteiger partial charge < -0.3 is 4.90 Å². The Morgan fingerprint density at radius 3 is 2.85 bits per heavy atom. The predicted molar refractivity (Wildman–Crippen MR) is 78.1 cm³/mol. The molecule has 1 atom stereocenters. The minimum atomic E-state index is -3.52. The summed E-state index contributed by atoms with van der Waals surface area (Å²) >= 11 is 0.992. The third kappa shape index (κ3) is 3.56. The SMILES string of the molecule is CN1CCN(C)C(CNS(=O)(=O)c2ccc(C#N)s2)C1. The molecular weight excluding hydrogens is 296 g/mol. The van der Waals surface area contributed by atoms with Crippen molar-refractivity contribution in [3.05, 3.63) is 17.0 Å². The Labute approximate surface area is 123 Å². The molecule has 1 aliphatic heterocycles. The molecule has 110 valence electrons.